The quantitative estimate of drug-likeness (QED) is 0.565. The zero-order valence-corrected chi connectivity index (χ0v) is 18.0. The summed E-state index contributed by atoms with van der Waals surface area (Å²) >= 11 is 3.18. The molecule has 0 saturated carbocycles. The minimum atomic E-state index is -0.752. The smallest absolute Gasteiger partial charge is 0.164 e. The van der Waals surface area contributed by atoms with Crippen molar-refractivity contribution >= 4 is 38.3 Å². The van der Waals surface area contributed by atoms with E-state index in [1.54, 1.807) is 12.1 Å². The molecule has 0 bridgehead atoms. The maximum Gasteiger partial charge on any atom is 0.164 e. The molecule has 1 N–H and O–H groups in total. The summed E-state index contributed by atoms with van der Waals surface area (Å²) in [6.45, 7) is 1.09. The largest absolute Gasteiger partial charge is 0.493 e. The molecule has 2 aliphatic heterocycles. The van der Waals surface area contributed by atoms with Gasteiger partial charge in [-0.3, -0.25) is 0 Å². The first-order valence-electron chi connectivity index (χ1n) is 9.67. The van der Waals surface area contributed by atoms with Crippen LogP contribution in [0.1, 0.15) is 6.42 Å². The van der Waals surface area contributed by atoms with Gasteiger partial charge in [-0.25, -0.2) is 18.7 Å². The molecule has 2 unspecified atom stereocenters. The van der Waals surface area contributed by atoms with Gasteiger partial charge in [-0.2, -0.15) is 0 Å². The lowest BCUT2D eigenvalue weighted by molar-refractivity contribution is 0.0298. The molecule has 10 heteroatoms. The Morgan fingerprint density at radius 3 is 2.81 bits per heavy atom. The van der Waals surface area contributed by atoms with E-state index in [1.807, 2.05) is 0 Å². The highest BCUT2D eigenvalue weighted by Crippen LogP contribution is 2.38. The van der Waals surface area contributed by atoms with Crippen LogP contribution in [-0.2, 0) is 9.47 Å². The van der Waals surface area contributed by atoms with Crippen molar-refractivity contribution in [3.63, 3.8) is 0 Å². The summed E-state index contributed by atoms with van der Waals surface area (Å²) in [7, 11) is 1.53. The summed E-state index contributed by atoms with van der Waals surface area (Å²) < 4.78 is 51.1. The number of ether oxygens (including phenoxy) is 4. The molecule has 2 aliphatic rings. The van der Waals surface area contributed by atoms with Crippen molar-refractivity contribution in [2.75, 3.05) is 25.6 Å². The van der Waals surface area contributed by atoms with Crippen LogP contribution in [0.15, 0.2) is 35.1 Å². The number of benzene rings is 2. The number of nitrogens with one attached hydrogen (secondary N) is 1. The van der Waals surface area contributed by atoms with Gasteiger partial charge in [0.05, 0.1) is 31.0 Å². The summed E-state index contributed by atoms with van der Waals surface area (Å²) in [6.07, 6.45) is 1.91. The molecule has 0 amide bonds. The molecule has 3 aromatic rings. The molecule has 0 aliphatic carbocycles. The Hall–Kier alpha value is -2.56. The van der Waals surface area contributed by atoms with E-state index in [0.29, 0.717) is 41.4 Å². The summed E-state index contributed by atoms with van der Waals surface area (Å²) in [6, 6.07) is 5.42. The summed E-state index contributed by atoms with van der Waals surface area (Å²) in [5.41, 5.74) is 0.628. The first kappa shape index (κ1) is 20.3. The highest BCUT2D eigenvalue weighted by atomic mass is 79.9. The van der Waals surface area contributed by atoms with Gasteiger partial charge in [-0.05, 0) is 34.5 Å². The number of rotatable bonds is 5. The maximum absolute atomic E-state index is 14.3. The topological polar surface area (TPSA) is 74.7 Å². The lowest BCUT2D eigenvalue weighted by Crippen LogP contribution is -2.32. The van der Waals surface area contributed by atoms with Crippen molar-refractivity contribution < 1.29 is 27.7 Å². The predicted octanol–water partition coefficient (Wildman–Crippen LogP) is 4.36. The monoisotopic (exact) mass is 493 g/mol. The van der Waals surface area contributed by atoms with Crippen molar-refractivity contribution in [1.29, 1.82) is 0 Å². The molecule has 1 aromatic heterocycles. The van der Waals surface area contributed by atoms with Gasteiger partial charge < -0.3 is 24.3 Å². The number of fused-ring (bicyclic) bond motifs is 2. The summed E-state index contributed by atoms with van der Waals surface area (Å²) in [5, 5.41) is 3.49. The second-order valence-electron chi connectivity index (χ2n) is 7.26. The van der Waals surface area contributed by atoms with Gasteiger partial charge in [0.2, 0.25) is 0 Å². The Morgan fingerprint density at radius 2 is 2.00 bits per heavy atom. The van der Waals surface area contributed by atoms with Crippen molar-refractivity contribution in [3.05, 3.63) is 46.7 Å². The first-order chi connectivity index (χ1) is 15.0. The third-order valence-electron chi connectivity index (χ3n) is 5.37. The van der Waals surface area contributed by atoms with E-state index in [0.717, 1.165) is 12.5 Å². The fraction of sp³-hybridized carbons (Fsp3) is 0.333. The highest BCUT2D eigenvalue weighted by molar-refractivity contribution is 9.10. The lowest BCUT2D eigenvalue weighted by atomic mass is 10.1. The van der Waals surface area contributed by atoms with Crippen molar-refractivity contribution in [1.82, 2.24) is 9.97 Å². The van der Waals surface area contributed by atoms with Gasteiger partial charge in [0.15, 0.2) is 23.4 Å². The average Bonchev–Trinajstić information content (AvgIpc) is 3.35. The van der Waals surface area contributed by atoms with E-state index in [2.05, 4.69) is 31.2 Å². The number of halogens is 3. The molecule has 7 nitrogen and oxygen atoms in total. The SMILES string of the molecule is COc1cc2c(Nc3c(F)cc(F)cc3Br)ncnc2cc1O[C@@H]1COC2CCOC21. The van der Waals surface area contributed by atoms with Crippen molar-refractivity contribution in [3.8, 4) is 11.5 Å². The number of aromatic nitrogens is 2. The van der Waals surface area contributed by atoms with Gasteiger partial charge in [0.25, 0.3) is 0 Å². The average molecular weight is 494 g/mol. The molecule has 162 valence electrons. The number of hydrogen-bond donors (Lipinski definition) is 1. The predicted molar refractivity (Wildman–Crippen MR) is 112 cm³/mol. The second kappa shape index (κ2) is 8.18. The van der Waals surface area contributed by atoms with E-state index < -0.39 is 11.6 Å². The van der Waals surface area contributed by atoms with Crippen LogP contribution in [0.4, 0.5) is 20.3 Å². The van der Waals surface area contributed by atoms with Gasteiger partial charge >= 0.3 is 0 Å². The maximum atomic E-state index is 14.3. The van der Waals surface area contributed by atoms with Gasteiger partial charge in [-0.1, -0.05) is 0 Å². The van der Waals surface area contributed by atoms with Crippen LogP contribution < -0.4 is 14.8 Å². The molecule has 2 aromatic carbocycles. The Labute approximate surface area is 184 Å². The van der Waals surface area contributed by atoms with E-state index in [1.165, 1.54) is 19.5 Å². The Kier molecular flexibility index (Phi) is 5.37. The molecule has 5 rings (SSSR count). The second-order valence-corrected chi connectivity index (χ2v) is 8.12. The molecule has 2 saturated heterocycles. The molecule has 0 spiro atoms. The minimum absolute atomic E-state index is 0.0543. The fourth-order valence-electron chi connectivity index (χ4n) is 3.89. The van der Waals surface area contributed by atoms with E-state index in [-0.39, 0.29) is 28.5 Å². The number of methoxy groups -OCH3 is 1. The van der Waals surface area contributed by atoms with Crippen LogP contribution in [0.5, 0.6) is 11.5 Å². The minimum Gasteiger partial charge on any atom is -0.493 e. The van der Waals surface area contributed by atoms with Crippen LogP contribution in [0.3, 0.4) is 0 Å². The van der Waals surface area contributed by atoms with Crippen LogP contribution in [0.25, 0.3) is 10.9 Å². The standard InChI is InChI=1S/C21H18BrF2N3O4/c1-28-16-6-11-14(7-17(16)31-18-8-30-15-2-3-29-20(15)18)25-9-26-21(11)27-19-12(22)4-10(23)5-13(19)24/h4-7,9,15,18,20H,2-3,8H2,1H3,(H,25,26,27)/t15?,18-,20?/m1/s1. The molecule has 2 fully saturated rings. The number of nitrogens with zero attached hydrogens (tertiary/aromatic N) is 2. The van der Waals surface area contributed by atoms with E-state index >= 15 is 0 Å². The van der Waals surface area contributed by atoms with Gasteiger partial charge in [0.1, 0.15) is 24.1 Å². The zero-order valence-electron chi connectivity index (χ0n) is 16.4. The van der Waals surface area contributed by atoms with Crippen LogP contribution in [0.2, 0.25) is 0 Å². The molecule has 31 heavy (non-hydrogen) atoms. The third kappa shape index (κ3) is 3.79. The molecular weight excluding hydrogens is 476 g/mol. The van der Waals surface area contributed by atoms with Gasteiger partial charge in [-0.15, -0.1) is 0 Å². The first-order valence-corrected chi connectivity index (χ1v) is 10.5. The van der Waals surface area contributed by atoms with Crippen LogP contribution in [-0.4, -0.2) is 48.6 Å². The molecule has 0 radical (unpaired) electrons. The Morgan fingerprint density at radius 1 is 1.13 bits per heavy atom. The molecular formula is C21H18BrF2N3O4. The van der Waals surface area contributed by atoms with Crippen LogP contribution >= 0.6 is 15.9 Å². The number of hydrogen-bond acceptors (Lipinski definition) is 7. The van der Waals surface area contributed by atoms with E-state index in [4.69, 9.17) is 18.9 Å². The van der Waals surface area contributed by atoms with Crippen molar-refractivity contribution in [2.45, 2.75) is 24.7 Å². The Bertz CT molecular complexity index is 1130. The lowest BCUT2D eigenvalue weighted by Gasteiger charge is -2.20. The Balaban J connectivity index is 1.49. The number of anilines is 2. The zero-order chi connectivity index (χ0) is 21.5. The summed E-state index contributed by atoms with van der Waals surface area (Å²) in [4.78, 5) is 8.52. The highest BCUT2D eigenvalue weighted by Gasteiger charge is 2.43. The van der Waals surface area contributed by atoms with Crippen molar-refractivity contribution in [2.24, 2.45) is 0 Å². The summed E-state index contributed by atoms with van der Waals surface area (Å²) in [5.74, 6) is -0.137. The molecule has 3 heterocycles. The van der Waals surface area contributed by atoms with Crippen LogP contribution in [0, 0.1) is 11.6 Å². The molecule has 3 atom stereocenters. The fourth-order valence-corrected chi connectivity index (χ4v) is 4.40. The van der Waals surface area contributed by atoms with E-state index in [9.17, 15) is 8.78 Å². The normalized spacial score (nSPS) is 22.5. The van der Waals surface area contributed by atoms with Gasteiger partial charge in [0, 0.05) is 28.6 Å². The third-order valence-corrected chi connectivity index (χ3v) is 5.99.